The Kier molecular flexibility index (Phi) is 6.35. The molecule has 2 N–H and O–H groups in total. The van der Waals surface area contributed by atoms with Crippen LogP contribution in [0.1, 0.15) is 37.6 Å². The number of carboxylic acid groups (broad SMARTS) is 1. The number of nitrogens with one attached hydrogen (secondary N) is 1. The molecule has 0 aliphatic carbocycles. The van der Waals surface area contributed by atoms with Crippen molar-refractivity contribution in [3.63, 3.8) is 0 Å². The van der Waals surface area contributed by atoms with Crippen LogP contribution in [0.5, 0.6) is 0 Å². The fourth-order valence-electron chi connectivity index (χ4n) is 1.79. The summed E-state index contributed by atoms with van der Waals surface area (Å²) in [6.07, 6.45) is 1.51. The van der Waals surface area contributed by atoms with E-state index in [0.717, 1.165) is 17.7 Å². The third kappa shape index (κ3) is 4.90. The fraction of sp³-hybridized carbons (Fsp3) is 0.538. The maximum atomic E-state index is 12.1. The highest BCUT2D eigenvalue weighted by Gasteiger charge is 2.20. The van der Waals surface area contributed by atoms with Gasteiger partial charge in [-0.05, 0) is 24.3 Å². The van der Waals surface area contributed by atoms with Crippen molar-refractivity contribution in [2.45, 2.75) is 32.7 Å². The van der Waals surface area contributed by atoms with E-state index in [0.29, 0.717) is 6.54 Å². The van der Waals surface area contributed by atoms with Gasteiger partial charge in [-0.1, -0.05) is 19.9 Å². The first kappa shape index (κ1) is 15.5. The number of urea groups is 1. The van der Waals surface area contributed by atoms with Gasteiger partial charge in [-0.2, -0.15) is 0 Å². The highest BCUT2D eigenvalue weighted by Crippen LogP contribution is 2.21. The van der Waals surface area contributed by atoms with Crippen LogP contribution in [0.4, 0.5) is 4.79 Å². The minimum atomic E-state index is -0.993. The quantitative estimate of drug-likeness (QED) is 0.808. The molecule has 0 aromatic carbocycles. The normalized spacial score (nSPS) is 11.9. The van der Waals surface area contributed by atoms with Crippen LogP contribution in [0, 0.1) is 0 Å². The van der Waals surface area contributed by atoms with E-state index in [9.17, 15) is 9.59 Å². The Balaban J connectivity index is 2.66. The van der Waals surface area contributed by atoms with Crippen molar-refractivity contribution in [1.29, 1.82) is 0 Å². The molecule has 0 saturated carbocycles. The number of rotatable bonds is 7. The number of hydrogen-bond donors (Lipinski definition) is 2. The van der Waals surface area contributed by atoms with Crippen LogP contribution >= 0.6 is 11.3 Å². The van der Waals surface area contributed by atoms with Crippen LogP contribution < -0.4 is 5.32 Å². The number of carbonyl (C=O) groups is 2. The Hall–Kier alpha value is -1.56. The van der Waals surface area contributed by atoms with Crippen molar-refractivity contribution >= 4 is 23.3 Å². The van der Waals surface area contributed by atoms with E-state index >= 15 is 0 Å². The molecule has 2 amide bonds. The van der Waals surface area contributed by atoms with Gasteiger partial charge in [-0.25, -0.2) is 4.79 Å². The molecule has 106 valence electrons. The van der Waals surface area contributed by atoms with Crippen molar-refractivity contribution in [3.8, 4) is 0 Å². The van der Waals surface area contributed by atoms with Crippen LogP contribution in [0.15, 0.2) is 17.5 Å². The number of carbonyl (C=O) groups excluding carboxylic acids is 1. The van der Waals surface area contributed by atoms with E-state index in [2.05, 4.69) is 5.32 Å². The zero-order valence-electron chi connectivity index (χ0n) is 11.3. The van der Waals surface area contributed by atoms with E-state index in [1.54, 1.807) is 11.3 Å². The molecule has 0 fully saturated rings. The number of thiophene rings is 1. The Bertz CT molecular complexity index is 406. The molecule has 1 aromatic rings. The summed E-state index contributed by atoms with van der Waals surface area (Å²) in [4.78, 5) is 25.3. The number of aliphatic carboxylic acids is 1. The van der Waals surface area contributed by atoms with E-state index in [-0.39, 0.29) is 18.6 Å². The van der Waals surface area contributed by atoms with Gasteiger partial charge in [0, 0.05) is 11.4 Å². The summed E-state index contributed by atoms with van der Waals surface area (Å²) in [6, 6.07) is 3.54. The summed E-state index contributed by atoms with van der Waals surface area (Å²) in [5.41, 5.74) is 0. The molecule has 1 rings (SSSR count). The van der Waals surface area contributed by atoms with E-state index in [1.165, 1.54) is 4.90 Å². The smallest absolute Gasteiger partial charge is 0.323 e. The van der Waals surface area contributed by atoms with Crippen molar-refractivity contribution in [3.05, 3.63) is 22.4 Å². The van der Waals surface area contributed by atoms with Gasteiger partial charge in [0.25, 0.3) is 0 Å². The Labute approximate surface area is 117 Å². The second kappa shape index (κ2) is 7.78. The first-order chi connectivity index (χ1) is 9.08. The van der Waals surface area contributed by atoms with Gasteiger partial charge in [-0.3, -0.25) is 4.79 Å². The first-order valence-corrected chi connectivity index (χ1v) is 7.27. The lowest BCUT2D eigenvalue weighted by atomic mass is 10.2. The van der Waals surface area contributed by atoms with Crippen LogP contribution in [-0.4, -0.2) is 35.1 Å². The van der Waals surface area contributed by atoms with Crippen molar-refractivity contribution in [1.82, 2.24) is 10.2 Å². The van der Waals surface area contributed by atoms with Gasteiger partial charge in [0.1, 0.15) is 6.54 Å². The monoisotopic (exact) mass is 284 g/mol. The Morgan fingerprint density at radius 1 is 1.47 bits per heavy atom. The molecule has 0 aliphatic heterocycles. The predicted molar refractivity (Wildman–Crippen MR) is 75.4 cm³/mol. The molecule has 0 saturated heterocycles. The number of hydrogen-bond acceptors (Lipinski definition) is 3. The summed E-state index contributed by atoms with van der Waals surface area (Å²) >= 11 is 1.59. The SMILES string of the molecule is CCCN(CC(=O)O)C(=O)NC(CC)c1cccs1. The minimum absolute atomic E-state index is 0.0550. The van der Waals surface area contributed by atoms with Gasteiger partial charge < -0.3 is 15.3 Å². The fourth-order valence-corrected chi connectivity index (χ4v) is 2.65. The highest BCUT2D eigenvalue weighted by atomic mass is 32.1. The summed E-state index contributed by atoms with van der Waals surface area (Å²) in [5.74, 6) is -0.993. The van der Waals surface area contributed by atoms with Crippen LogP contribution in [-0.2, 0) is 4.79 Å². The largest absolute Gasteiger partial charge is 0.480 e. The molecular formula is C13H20N2O3S. The maximum Gasteiger partial charge on any atom is 0.323 e. The number of carboxylic acids is 1. The molecule has 0 spiro atoms. The lowest BCUT2D eigenvalue weighted by Gasteiger charge is -2.24. The average molecular weight is 284 g/mol. The van der Waals surface area contributed by atoms with Crippen LogP contribution in [0.25, 0.3) is 0 Å². The van der Waals surface area contributed by atoms with E-state index < -0.39 is 5.97 Å². The van der Waals surface area contributed by atoms with Gasteiger partial charge in [0.2, 0.25) is 0 Å². The molecule has 0 radical (unpaired) electrons. The highest BCUT2D eigenvalue weighted by molar-refractivity contribution is 7.10. The third-order valence-corrected chi connectivity index (χ3v) is 3.69. The molecule has 1 atom stereocenters. The van der Waals surface area contributed by atoms with E-state index in [4.69, 9.17) is 5.11 Å². The summed E-state index contributed by atoms with van der Waals surface area (Å²) in [7, 11) is 0. The van der Waals surface area contributed by atoms with Gasteiger partial charge in [0.15, 0.2) is 0 Å². The molecule has 0 bridgehead atoms. The maximum absolute atomic E-state index is 12.1. The second-order valence-electron chi connectivity index (χ2n) is 4.24. The molecule has 0 aliphatic rings. The Morgan fingerprint density at radius 3 is 2.68 bits per heavy atom. The Morgan fingerprint density at radius 2 is 2.21 bits per heavy atom. The molecular weight excluding hydrogens is 264 g/mol. The molecule has 5 nitrogen and oxygen atoms in total. The average Bonchev–Trinajstić information content (AvgIpc) is 2.88. The van der Waals surface area contributed by atoms with Crippen LogP contribution in [0.3, 0.4) is 0 Å². The predicted octanol–water partition coefficient (Wildman–Crippen LogP) is 2.71. The van der Waals surface area contributed by atoms with Crippen molar-refractivity contribution < 1.29 is 14.7 Å². The number of amides is 2. The lowest BCUT2D eigenvalue weighted by Crippen LogP contribution is -2.44. The summed E-state index contributed by atoms with van der Waals surface area (Å²) < 4.78 is 0. The van der Waals surface area contributed by atoms with E-state index in [1.807, 2.05) is 31.4 Å². The molecule has 1 aromatic heterocycles. The van der Waals surface area contributed by atoms with Gasteiger partial charge >= 0.3 is 12.0 Å². The first-order valence-electron chi connectivity index (χ1n) is 6.39. The summed E-state index contributed by atoms with van der Waals surface area (Å²) in [5, 5.41) is 13.7. The minimum Gasteiger partial charge on any atom is -0.480 e. The molecule has 19 heavy (non-hydrogen) atoms. The van der Waals surface area contributed by atoms with Gasteiger partial charge in [0.05, 0.1) is 6.04 Å². The van der Waals surface area contributed by atoms with Crippen molar-refractivity contribution in [2.75, 3.05) is 13.1 Å². The zero-order valence-corrected chi connectivity index (χ0v) is 12.1. The molecule has 1 unspecified atom stereocenters. The van der Waals surface area contributed by atoms with Crippen molar-refractivity contribution in [2.24, 2.45) is 0 Å². The zero-order chi connectivity index (χ0) is 14.3. The molecule has 1 heterocycles. The second-order valence-corrected chi connectivity index (χ2v) is 5.22. The third-order valence-electron chi connectivity index (χ3n) is 2.70. The standard InChI is InChI=1S/C13H20N2O3S/c1-3-7-15(9-12(16)17)13(18)14-10(4-2)11-6-5-8-19-11/h5-6,8,10H,3-4,7,9H2,1-2H3,(H,14,18)(H,16,17). The summed E-state index contributed by atoms with van der Waals surface area (Å²) in [6.45, 7) is 4.09. The molecule has 6 heteroatoms. The van der Waals surface area contributed by atoms with Crippen LogP contribution in [0.2, 0.25) is 0 Å². The topological polar surface area (TPSA) is 69.6 Å². The lowest BCUT2D eigenvalue weighted by molar-refractivity contribution is -0.137. The number of nitrogens with zero attached hydrogens (tertiary/aromatic N) is 1. The van der Waals surface area contributed by atoms with Gasteiger partial charge in [-0.15, -0.1) is 11.3 Å².